The van der Waals surface area contributed by atoms with E-state index in [1.54, 1.807) is 42.5 Å². The molecule has 1 atom stereocenters. The molecule has 1 fully saturated rings. The van der Waals surface area contributed by atoms with E-state index in [1.807, 2.05) is 19.9 Å². The average molecular weight is 503 g/mol. The number of benzene rings is 3. The first-order chi connectivity index (χ1) is 17.7. The van der Waals surface area contributed by atoms with Gasteiger partial charge in [-0.1, -0.05) is 36.4 Å². The van der Waals surface area contributed by atoms with Gasteiger partial charge in [0, 0.05) is 24.2 Å². The molecule has 3 aromatic carbocycles. The number of nitro groups is 1. The predicted octanol–water partition coefficient (Wildman–Crippen LogP) is 5.01. The molecule has 0 bridgehead atoms. The van der Waals surface area contributed by atoms with E-state index in [2.05, 4.69) is 0 Å². The number of carbonyl (C=O) groups excluding carboxylic acids is 2. The second kappa shape index (κ2) is 10.5. The first-order valence-corrected chi connectivity index (χ1v) is 11.6. The number of hydrogen-bond acceptors (Lipinski definition) is 7. The van der Waals surface area contributed by atoms with Crippen LogP contribution < -0.4 is 9.47 Å². The quantitative estimate of drug-likeness (QED) is 0.151. The molecule has 0 saturated carbocycles. The van der Waals surface area contributed by atoms with Gasteiger partial charge in [0.05, 0.1) is 29.8 Å². The first kappa shape index (κ1) is 25.4. The number of nitrogens with zero attached hydrogens (tertiary/aromatic N) is 2. The molecule has 1 aliphatic heterocycles. The Kier molecular flexibility index (Phi) is 7.24. The molecule has 1 N–H and O–H groups in total. The third-order valence-corrected chi connectivity index (χ3v) is 5.90. The van der Waals surface area contributed by atoms with Crippen molar-refractivity contribution in [2.45, 2.75) is 32.5 Å². The Labute approximate surface area is 213 Å². The van der Waals surface area contributed by atoms with Crippen molar-refractivity contribution in [2.75, 3.05) is 7.11 Å². The molecule has 0 radical (unpaired) electrons. The van der Waals surface area contributed by atoms with Crippen molar-refractivity contribution in [3.05, 3.63) is 105 Å². The maximum absolute atomic E-state index is 13.3. The summed E-state index contributed by atoms with van der Waals surface area (Å²) in [5, 5.41) is 22.5. The van der Waals surface area contributed by atoms with Crippen LogP contribution in [0.15, 0.2) is 78.4 Å². The van der Waals surface area contributed by atoms with Crippen LogP contribution in [0.4, 0.5) is 5.69 Å². The van der Waals surface area contributed by atoms with Gasteiger partial charge in [0.15, 0.2) is 0 Å². The zero-order valence-corrected chi connectivity index (χ0v) is 20.6. The molecule has 0 spiro atoms. The summed E-state index contributed by atoms with van der Waals surface area (Å²) < 4.78 is 11.1. The van der Waals surface area contributed by atoms with Gasteiger partial charge < -0.3 is 19.5 Å². The van der Waals surface area contributed by atoms with Gasteiger partial charge in [0.2, 0.25) is 0 Å². The Bertz CT molecular complexity index is 1400. The molecular weight excluding hydrogens is 476 g/mol. The lowest BCUT2D eigenvalue weighted by atomic mass is 9.95. The number of non-ortho nitro benzene ring substituents is 1. The number of nitro benzene ring substituents is 1. The van der Waals surface area contributed by atoms with E-state index < -0.39 is 28.4 Å². The number of carbonyl (C=O) groups is 2. The summed E-state index contributed by atoms with van der Waals surface area (Å²) >= 11 is 0. The zero-order valence-electron chi connectivity index (χ0n) is 20.6. The number of ether oxygens (including phenoxy) is 2. The molecule has 1 heterocycles. The molecule has 37 heavy (non-hydrogen) atoms. The molecule has 1 saturated heterocycles. The third-order valence-electron chi connectivity index (χ3n) is 5.90. The SMILES string of the molecule is COc1cccc(C2/C(=C(/O)c3cccc([N+](=O)[O-])c3)C(=O)C(=O)N2Cc2cccc(OC(C)C)c2)c1. The number of ketones is 1. The van der Waals surface area contributed by atoms with Crippen LogP contribution in [0, 0.1) is 10.1 Å². The number of hydrogen-bond donors (Lipinski definition) is 1. The lowest BCUT2D eigenvalue weighted by Crippen LogP contribution is -2.29. The number of aliphatic hydroxyl groups is 1. The fraction of sp³-hybridized carbons (Fsp3) is 0.214. The molecule has 9 heteroatoms. The molecule has 1 aliphatic rings. The second-order valence-corrected chi connectivity index (χ2v) is 8.83. The number of methoxy groups -OCH3 is 1. The van der Waals surface area contributed by atoms with Crippen LogP contribution in [-0.4, -0.2) is 39.8 Å². The number of Topliss-reactive ketones (excluding diaryl/α,β-unsaturated/α-hetero) is 1. The minimum Gasteiger partial charge on any atom is -0.507 e. The Hall–Kier alpha value is -4.66. The maximum Gasteiger partial charge on any atom is 0.295 e. The zero-order chi connectivity index (χ0) is 26.7. The highest BCUT2D eigenvalue weighted by Crippen LogP contribution is 2.41. The summed E-state index contributed by atoms with van der Waals surface area (Å²) in [5.74, 6) is -1.04. The maximum atomic E-state index is 13.3. The van der Waals surface area contributed by atoms with Gasteiger partial charge in [-0.15, -0.1) is 0 Å². The minimum atomic E-state index is -0.955. The normalized spacial score (nSPS) is 16.8. The largest absolute Gasteiger partial charge is 0.507 e. The van der Waals surface area contributed by atoms with Crippen LogP contribution >= 0.6 is 0 Å². The van der Waals surface area contributed by atoms with Gasteiger partial charge >= 0.3 is 0 Å². The third kappa shape index (κ3) is 5.30. The van der Waals surface area contributed by atoms with Gasteiger partial charge in [0.25, 0.3) is 17.4 Å². The van der Waals surface area contributed by atoms with Crippen molar-refractivity contribution in [1.82, 2.24) is 4.90 Å². The van der Waals surface area contributed by atoms with Crippen LogP contribution in [0.25, 0.3) is 5.76 Å². The van der Waals surface area contributed by atoms with E-state index in [0.717, 1.165) is 11.6 Å². The van der Waals surface area contributed by atoms with Gasteiger partial charge in [-0.3, -0.25) is 19.7 Å². The fourth-order valence-corrected chi connectivity index (χ4v) is 4.31. The summed E-state index contributed by atoms with van der Waals surface area (Å²) in [6, 6.07) is 18.4. The highest BCUT2D eigenvalue weighted by Gasteiger charge is 2.46. The first-order valence-electron chi connectivity index (χ1n) is 11.6. The van der Waals surface area contributed by atoms with E-state index >= 15 is 0 Å². The van der Waals surface area contributed by atoms with Crippen LogP contribution in [0.2, 0.25) is 0 Å². The second-order valence-electron chi connectivity index (χ2n) is 8.83. The smallest absolute Gasteiger partial charge is 0.295 e. The lowest BCUT2D eigenvalue weighted by Gasteiger charge is -2.26. The van der Waals surface area contributed by atoms with Gasteiger partial charge in [0.1, 0.15) is 17.3 Å². The van der Waals surface area contributed by atoms with Crippen LogP contribution in [0.5, 0.6) is 11.5 Å². The molecule has 1 unspecified atom stereocenters. The molecule has 1 amide bonds. The van der Waals surface area contributed by atoms with Gasteiger partial charge in [-0.05, 0) is 49.2 Å². The summed E-state index contributed by atoms with van der Waals surface area (Å²) in [6.45, 7) is 3.87. The lowest BCUT2D eigenvalue weighted by molar-refractivity contribution is -0.384. The highest BCUT2D eigenvalue weighted by molar-refractivity contribution is 6.46. The van der Waals surface area contributed by atoms with Crippen molar-refractivity contribution in [3.63, 3.8) is 0 Å². The van der Waals surface area contributed by atoms with E-state index in [1.165, 1.54) is 30.2 Å². The van der Waals surface area contributed by atoms with Crippen LogP contribution in [-0.2, 0) is 16.1 Å². The monoisotopic (exact) mass is 502 g/mol. The van der Waals surface area contributed by atoms with E-state index in [9.17, 15) is 24.8 Å². The molecule has 9 nitrogen and oxygen atoms in total. The van der Waals surface area contributed by atoms with Crippen molar-refractivity contribution in [3.8, 4) is 11.5 Å². The number of rotatable bonds is 8. The van der Waals surface area contributed by atoms with Crippen LogP contribution in [0.1, 0.15) is 36.6 Å². The molecule has 190 valence electrons. The van der Waals surface area contributed by atoms with Gasteiger partial charge in [-0.25, -0.2) is 0 Å². The Morgan fingerprint density at radius 1 is 1.03 bits per heavy atom. The van der Waals surface area contributed by atoms with E-state index in [-0.39, 0.29) is 29.5 Å². The van der Waals surface area contributed by atoms with E-state index in [0.29, 0.717) is 17.1 Å². The van der Waals surface area contributed by atoms with Crippen LogP contribution in [0.3, 0.4) is 0 Å². The number of aliphatic hydroxyl groups excluding tert-OH is 1. The topological polar surface area (TPSA) is 119 Å². The highest BCUT2D eigenvalue weighted by atomic mass is 16.6. The number of likely N-dealkylation sites (tertiary alicyclic amines) is 1. The molecular formula is C28H26N2O7. The van der Waals surface area contributed by atoms with Gasteiger partial charge in [-0.2, -0.15) is 0 Å². The summed E-state index contributed by atoms with van der Waals surface area (Å²) in [5.41, 5.74) is 0.919. The Morgan fingerprint density at radius 3 is 2.43 bits per heavy atom. The van der Waals surface area contributed by atoms with Crippen molar-refractivity contribution in [1.29, 1.82) is 0 Å². The molecule has 3 aromatic rings. The standard InChI is InChI=1S/C28H26N2O7/c1-17(2)37-23-12-4-7-18(13-23)16-29-25(19-8-6-11-22(15-19)36-3)24(27(32)28(29)33)26(31)20-9-5-10-21(14-20)30(34)35/h4-15,17,25,31H,16H2,1-3H3/b26-24-. The molecule has 0 aromatic heterocycles. The average Bonchev–Trinajstić information content (AvgIpc) is 3.13. The van der Waals surface area contributed by atoms with E-state index in [4.69, 9.17) is 9.47 Å². The fourth-order valence-electron chi connectivity index (χ4n) is 4.31. The summed E-state index contributed by atoms with van der Waals surface area (Å²) in [7, 11) is 1.50. The summed E-state index contributed by atoms with van der Waals surface area (Å²) in [4.78, 5) is 38.6. The minimum absolute atomic E-state index is 0.0452. The Morgan fingerprint density at radius 2 is 1.73 bits per heavy atom. The Balaban J connectivity index is 1.84. The molecule has 4 rings (SSSR count). The summed E-state index contributed by atoms with van der Waals surface area (Å²) in [6.07, 6.45) is -0.0452. The van der Waals surface area contributed by atoms with Crippen molar-refractivity contribution < 1.29 is 29.1 Å². The molecule has 0 aliphatic carbocycles. The number of amides is 1. The van der Waals surface area contributed by atoms with Crippen molar-refractivity contribution >= 4 is 23.1 Å². The van der Waals surface area contributed by atoms with Crippen molar-refractivity contribution in [2.24, 2.45) is 0 Å². The predicted molar refractivity (Wildman–Crippen MR) is 136 cm³/mol.